The number of hydrogen-bond acceptors (Lipinski definition) is 3. The number of carbonyl (C=O) groups excluding carboxylic acids is 1. The van der Waals surface area contributed by atoms with E-state index in [-0.39, 0.29) is 11.9 Å². The van der Waals surface area contributed by atoms with E-state index in [2.05, 4.69) is 24.1 Å². The molecule has 4 nitrogen and oxygen atoms in total. The Morgan fingerprint density at radius 3 is 2.86 bits per heavy atom. The zero-order valence-corrected chi connectivity index (χ0v) is 13.4. The summed E-state index contributed by atoms with van der Waals surface area (Å²) < 4.78 is 0. The van der Waals surface area contributed by atoms with Gasteiger partial charge in [-0.05, 0) is 57.4 Å². The molecule has 1 aliphatic rings. The third-order valence-electron chi connectivity index (χ3n) is 4.53. The first-order chi connectivity index (χ1) is 10.0. The van der Waals surface area contributed by atoms with E-state index in [0.717, 1.165) is 29.9 Å². The van der Waals surface area contributed by atoms with Gasteiger partial charge in [-0.15, -0.1) is 0 Å². The van der Waals surface area contributed by atoms with Crippen molar-refractivity contribution in [1.29, 1.82) is 0 Å². The van der Waals surface area contributed by atoms with E-state index in [1.165, 1.54) is 19.3 Å². The van der Waals surface area contributed by atoms with E-state index in [9.17, 15) is 4.79 Å². The Balaban J connectivity index is 2.01. The van der Waals surface area contributed by atoms with E-state index in [1.54, 1.807) is 0 Å². The second-order valence-corrected chi connectivity index (χ2v) is 6.02. The van der Waals surface area contributed by atoms with E-state index in [1.807, 2.05) is 25.1 Å². The molecule has 1 heterocycles. The smallest absolute Gasteiger partial charge is 0.241 e. The van der Waals surface area contributed by atoms with Crippen LogP contribution in [0.4, 0.5) is 11.4 Å². The number of amides is 1. The number of likely N-dealkylation sites (tertiary alicyclic amines) is 1. The number of hydrogen-bond donors (Lipinski definition) is 2. The van der Waals surface area contributed by atoms with Crippen molar-refractivity contribution in [1.82, 2.24) is 4.90 Å². The Bertz CT molecular complexity index is 501. The molecule has 1 saturated heterocycles. The molecule has 0 spiro atoms. The molecule has 1 aromatic carbocycles. The summed E-state index contributed by atoms with van der Waals surface area (Å²) in [7, 11) is 0. The van der Waals surface area contributed by atoms with Crippen LogP contribution in [0.3, 0.4) is 0 Å². The summed E-state index contributed by atoms with van der Waals surface area (Å²) in [5.41, 5.74) is 8.63. The summed E-state index contributed by atoms with van der Waals surface area (Å²) in [6.07, 6.45) is 4.53. The summed E-state index contributed by atoms with van der Waals surface area (Å²) in [6, 6.07) is 6.14. The molecule has 0 saturated carbocycles. The molecule has 1 aromatic rings. The van der Waals surface area contributed by atoms with Crippen LogP contribution in [0.2, 0.25) is 0 Å². The van der Waals surface area contributed by atoms with Gasteiger partial charge in [0, 0.05) is 17.4 Å². The van der Waals surface area contributed by atoms with Gasteiger partial charge in [-0.1, -0.05) is 19.4 Å². The Hall–Kier alpha value is -1.55. The highest BCUT2D eigenvalue weighted by molar-refractivity contribution is 5.95. The van der Waals surface area contributed by atoms with Gasteiger partial charge in [0.25, 0.3) is 0 Å². The Morgan fingerprint density at radius 1 is 1.48 bits per heavy atom. The predicted molar refractivity (Wildman–Crippen MR) is 88.3 cm³/mol. The van der Waals surface area contributed by atoms with Gasteiger partial charge in [0.15, 0.2) is 0 Å². The molecule has 0 aromatic heterocycles. The summed E-state index contributed by atoms with van der Waals surface area (Å²) >= 11 is 0. The monoisotopic (exact) mass is 289 g/mol. The third-order valence-corrected chi connectivity index (χ3v) is 4.53. The maximum atomic E-state index is 12.4. The average molecular weight is 289 g/mol. The van der Waals surface area contributed by atoms with Crippen molar-refractivity contribution in [2.24, 2.45) is 0 Å². The molecule has 1 amide bonds. The lowest BCUT2D eigenvalue weighted by Crippen LogP contribution is -2.48. The van der Waals surface area contributed by atoms with Gasteiger partial charge in [0.2, 0.25) is 5.91 Å². The van der Waals surface area contributed by atoms with Gasteiger partial charge in [0.1, 0.15) is 0 Å². The molecule has 0 radical (unpaired) electrons. The number of carbonyl (C=O) groups is 1. The number of aryl methyl sites for hydroxylation is 1. The number of nitrogens with one attached hydrogen (secondary N) is 1. The quantitative estimate of drug-likeness (QED) is 0.838. The van der Waals surface area contributed by atoms with Crippen LogP contribution in [0, 0.1) is 0 Å². The van der Waals surface area contributed by atoms with Crippen LogP contribution in [-0.2, 0) is 11.2 Å². The highest BCUT2D eigenvalue weighted by Crippen LogP contribution is 2.21. The van der Waals surface area contributed by atoms with Gasteiger partial charge < -0.3 is 11.1 Å². The molecule has 0 bridgehead atoms. The topological polar surface area (TPSA) is 58.4 Å². The number of rotatable bonds is 4. The van der Waals surface area contributed by atoms with Gasteiger partial charge in [-0.2, -0.15) is 0 Å². The highest BCUT2D eigenvalue weighted by atomic mass is 16.2. The standard InChI is InChI=1S/C17H27N3O/c1-4-14-8-9-15(11-16(14)18)19-17(21)13(3)20-10-6-5-7-12(20)2/h8-9,11-13H,4-7,10,18H2,1-3H3,(H,19,21). The normalized spacial score (nSPS) is 21.0. The van der Waals surface area contributed by atoms with Crippen LogP contribution < -0.4 is 11.1 Å². The number of nitrogens with zero attached hydrogens (tertiary/aromatic N) is 1. The average Bonchev–Trinajstić information content (AvgIpc) is 2.47. The molecule has 116 valence electrons. The fourth-order valence-corrected chi connectivity index (χ4v) is 3.09. The van der Waals surface area contributed by atoms with Crippen molar-refractivity contribution in [2.45, 2.75) is 58.5 Å². The fourth-order valence-electron chi connectivity index (χ4n) is 3.09. The highest BCUT2D eigenvalue weighted by Gasteiger charge is 2.27. The largest absolute Gasteiger partial charge is 0.398 e. The second kappa shape index (κ2) is 6.94. The molecular formula is C17H27N3O. The summed E-state index contributed by atoms with van der Waals surface area (Å²) in [5.74, 6) is 0.0485. The molecule has 1 aliphatic heterocycles. The molecule has 1 fully saturated rings. The molecule has 2 unspecified atom stereocenters. The zero-order valence-electron chi connectivity index (χ0n) is 13.4. The zero-order chi connectivity index (χ0) is 15.4. The van der Waals surface area contributed by atoms with Gasteiger partial charge in [-0.3, -0.25) is 9.69 Å². The second-order valence-electron chi connectivity index (χ2n) is 6.02. The Morgan fingerprint density at radius 2 is 2.24 bits per heavy atom. The maximum Gasteiger partial charge on any atom is 0.241 e. The first-order valence-electron chi connectivity index (χ1n) is 7.98. The molecule has 2 atom stereocenters. The Labute approximate surface area is 127 Å². The molecule has 21 heavy (non-hydrogen) atoms. The number of benzene rings is 1. The molecule has 0 aliphatic carbocycles. The van der Waals surface area contributed by atoms with E-state index in [4.69, 9.17) is 5.73 Å². The number of nitrogens with two attached hydrogens (primary N) is 1. The van der Waals surface area contributed by atoms with Gasteiger partial charge in [-0.25, -0.2) is 0 Å². The van der Waals surface area contributed by atoms with E-state index < -0.39 is 0 Å². The molecular weight excluding hydrogens is 262 g/mol. The van der Waals surface area contributed by atoms with Crippen molar-refractivity contribution in [3.05, 3.63) is 23.8 Å². The van der Waals surface area contributed by atoms with Crippen LogP contribution in [0.15, 0.2) is 18.2 Å². The fraction of sp³-hybridized carbons (Fsp3) is 0.588. The van der Waals surface area contributed by atoms with E-state index in [0.29, 0.717) is 6.04 Å². The molecule has 2 rings (SSSR count). The van der Waals surface area contributed by atoms with Crippen LogP contribution in [0.5, 0.6) is 0 Å². The van der Waals surface area contributed by atoms with Crippen molar-refractivity contribution in [2.75, 3.05) is 17.6 Å². The number of piperidine rings is 1. The third kappa shape index (κ3) is 3.76. The van der Waals surface area contributed by atoms with Crippen molar-refractivity contribution in [3.8, 4) is 0 Å². The summed E-state index contributed by atoms with van der Waals surface area (Å²) in [5, 5.41) is 2.99. The first kappa shape index (κ1) is 15.8. The minimum atomic E-state index is -0.104. The minimum absolute atomic E-state index is 0.0485. The lowest BCUT2D eigenvalue weighted by Gasteiger charge is -2.37. The van der Waals surface area contributed by atoms with Crippen molar-refractivity contribution < 1.29 is 4.79 Å². The summed E-state index contributed by atoms with van der Waals surface area (Å²) in [6.45, 7) is 7.27. The van der Waals surface area contributed by atoms with Crippen molar-refractivity contribution in [3.63, 3.8) is 0 Å². The maximum absolute atomic E-state index is 12.4. The van der Waals surface area contributed by atoms with Gasteiger partial charge >= 0.3 is 0 Å². The van der Waals surface area contributed by atoms with Crippen LogP contribution in [0.25, 0.3) is 0 Å². The Kier molecular flexibility index (Phi) is 5.23. The minimum Gasteiger partial charge on any atom is -0.398 e. The first-order valence-corrected chi connectivity index (χ1v) is 7.98. The predicted octanol–water partition coefficient (Wildman–Crippen LogP) is 3.03. The molecule has 3 N–H and O–H groups in total. The SMILES string of the molecule is CCc1ccc(NC(=O)C(C)N2CCCCC2C)cc1N. The lowest BCUT2D eigenvalue weighted by molar-refractivity contribution is -0.122. The van der Waals surface area contributed by atoms with Crippen LogP contribution in [0.1, 0.15) is 45.6 Å². The van der Waals surface area contributed by atoms with Gasteiger partial charge in [0.05, 0.1) is 6.04 Å². The summed E-state index contributed by atoms with van der Waals surface area (Å²) in [4.78, 5) is 14.7. The lowest BCUT2D eigenvalue weighted by atomic mass is 10.0. The molecule has 4 heteroatoms. The van der Waals surface area contributed by atoms with E-state index >= 15 is 0 Å². The van der Waals surface area contributed by atoms with Crippen LogP contribution in [-0.4, -0.2) is 29.4 Å². The number of anilines is 2. The number of nitrogen functional groups attached to an aromatic ring is 1. The van der Waals surface area contributed by atoms with Crippen molar-refractivity contribution >= 4 is 17.3 Å². The van der Waals surface area contributed by atoms with Crippen LogP contribution >= 0.6 is 0 Å².